The van der Waals surface area contributed by atoms with Gasteiger partial charge < -0.3 is 9.42 Å². The van der Waals surface area contributed by atoms with Crippen molar-refractivity contribution >= 4 is 15.7 Å². The standard InChI is InChI=1S/C14H19N3O4S/c18-14(10-5-7-22(19,20)8-10)17-6-1-2-11(17)12-15-13(21-16-12)9-3-4-9/h9-11H,1-8H2/t10-,11-/m1/s1. The van der Waals surface area contributed by atoms with E-state index in [2.05, 4.69) is 10.1 Å². The first kappa shape index (κ1) is 14.2. The van der Waals surface area contributed by atoms with Crippen LogP contribution >= 0.6 is 0 Å². The summed E-state index contributed by atoms with van der Waals surface area (Å²) in [6.07, 6.45) is 4.33. The molecule has 2 atom stereocenters. The van der Waals surface area contributed by atoms with Gasteiger partial charge in [-0.1, -0.05) is 5.16 Å². The molecule has 1 aliphatic carbocycles. The van der Waals surface area contributed by atoms with Crippen molar-refractivity contribution in [3.05, 3.63) is 11.7 Å². The topological polar surface area (TPSA) is 93.4 Å². The van der Waals surface area contributed by atoms with E-state index in [0.29, 0.717) is 30.6 Å². The van der Waals surface area contributed by atoms with Crippen LogP contribution in [0.3, 0.4) is 0 Å². The Balaban J connectivity index is 1.51. The van der Waals surface area contributed by atoms with Crippen LogP contribution in [0.25, 0.3) is 0 Å². The number of sulfone groups is 1. The highest BCUT2D eigenvalue weighted by molar-refractivity contribution is 7.91. The number of amides is 1. The van der Waals surface area contributed by atoms with Crippen molar-refractivity contribution in [3.63, 3.8) is 0 Å². The second-order valence-corrected chi connectivity index (χ2v) is 8.78. The molecule has 1 aromatic heterocycles. The largest absolute Gasteiger partial charge is 0.339 e. The number of nitrogens with zero attached hydrogens (tertiary/aromatic N) is 3. The Bertz CT molecular complexity index is 695. The summed E-state index contributed by atoms with van der Waals surface area (Å²) in [6.45, 7) is 0.646. The smallest absolute Gasteiger partial charge is 0.229 e. The zero-order chi connectivity index (χ0) is 15.3. The van der Waals surface area contributed by atoms with E-state index >= 15 is 0 Å². The Hall–Kier alpha value is -1.44. The summed E-state index contributed by atoms with van der Waals surface area (Å²) in [6, 6.07) is -0.160. The van der Waals surface area contributed by atoms with Crippen LogP contribution < -0.4 is 0 Å². The van der Waals surface area contributed by atoms with E-state index in [-0.39, 0.29) is 23.5 Å². The molecule has 2 saturated heterocycles. The van der Waals surface area contributed by atoms with Crippen LogP contribution in [0.2, 0.25) is 0 Å². The lowest BCUT2D eigenvalue weighted by Gasteiger charge is -2.24. The van der Waals surface area contributed by atoms with Gasteiger partial charge in [0.2, 0.25) is 11.8 Å². The third-order valence-corrected chi connectivity index (χ3v) is 6.57. The first-order valence-corrected chi connectivity index (χ1v) is 9.70. The molecule has 0 spiro atoms. The highest BCUT2D eigenvalue weighted by Gasteiger charge is 2.41. The van der Waals surface area contributed by atoms with Gasteiger partial charge in [-0.15, -0.1) is 0 Å². The van der Waals surface area contributed by atoms with Crippen LogP contribution in [0.5, 0.6) is 0 Å². The van der Waals surface area contributed by atoms with E-state index < -0.39 is 15.8 Å². The lowest BCUT2D eigenvalue weighted by Crippen LogP contribution is -2.36. The molecular formula is C14H19N3O4S. The van der Waals surface area contributed by atoms with E-state index in [0.717, 1.165) is 25.7 Å². The number of carbonyl (C=O) groups is 1. The lowest BCUT2D eigenvalue weighted by molar-refractivity contribution is -0.135. The number of hydrogen-bond acceptors (Lipinski definition) is 6. The third kappa shape index (κ3) is 2.53. The molecule has 0 unspecified atom stereocenters. The summed E-state index contributed by atoms with van der Waals surface area (Å²) in [5, 5.41) is 4.05. The quantitative estimate of drug-likeness (QED) is 0.824. The highest BCUT2D eigenvalue weighted by atomic mass is 32.2. The third-order valence-electron chi connectivity index (χ3n) is 4.80. The van der Waals surface area contributed by atoms with Gasteiger partial charge in [-0.3, -0.25) is 4.79 Å². The van der Waals surface area contributed by atoms with Crippen molar-refractivity contribution in [3.8, 4) is 0 Å². The molecule has 1 amide bonds. The molecule has 1 aromatic rings. The summed E-state index contributed by atoms with van der Waals surface area (Å²) in [7, 11) is -3.05. The Morgan fingerprint density at radius 3 is 2.73 bits per heavy atom. The molecule has 1 saturated carbocycles. The van der Waals surface area contributed by atoms with Gasteiger partial charge in [0.05, 0.1) is 23.5 Å². The molecule has 120 valence electrons. The second kappa shape index (κ2) is 5.04. The Kier molecular flexibility index (Phi) is 3.25. The predicted molar refractivity (Wildman–Crippen MR) is 76.7 cm³/mol. The number of likely N-dealkylation sites (tertiary alicyclic amines) is 1. The van der Waals surface area contributed by atoms with E-state index in [9.17, 15) is 13.2 Å². The zero-order valence-electron chi connectivity index (χ0n) is 12.3. The SMILES string of the molecule is O=C([C@@H]1CCS(=O)(=O)C1)N1CCC[C@@H]1c1noc(C2CC2)n1. The molecule has 3 fully saturated rings. The van der Waals surface area contributed by atoms with E-state index in [1.165, 1.54) is 0 Å². The van der Waals surface area contributed by atoms with Crippen LogP contribution in [0.1, 0.15) is 55.8 Å². The Morgan fingerprint density at radius 2 is 2.05 bits per heavy atom. The molecule has 0 aromatic carbocycles. The van der Waals surface area contributed by atoms with Crippen molar-refractivity contribution in [1.29, 1.82) is 0 Å². The number of rotatable bonds is 3. The Morgan fingerprint density at radius 1 is 1.23 bits per heavy atom. The van der Waals surface area contributed by atoms with Crippen LogP contribution in [0, 0.1) is 5.92 Å². The van der Waals surface area contributed by atoms with Crippen molar-refractivity contribution in [1.82, 2.24) is 15.0 Å². The van der Waals surface area contributed by atoms with Gasteiger partial charge in [-0.2, -0.15) is 4.98 Å². The molecule has 3 aliphatic rings. The molecule has 22 heavy (non-hydrogen) atoms. The van der Waals surface area contributed by atoms with Crippen molar-refractivity contribution in [2.45, 2.75) is 44.1 Å². The van der Waals surface area contributed by atoms with Crippen LogP contribution in [0.4, 0.5) is 0 Å². The van der Waals surface area contributed by atoms with Crippen molar-refractivity contribution < 1.29 is 17.7 Å². The molecule has 2 aliphatic heterocycles. The highest BCUT2D eigenvalue weighted by Crippen LogP contribution is 2.40. The average Bonchev–Trinajstić information content (AvgIpc) is 2.92. The van der Waals surface area contributed by atoms with Crippen LogP contribution in [-0.4, -0.2) is 47.4 Å². The lowest BCUT2D eigenvalue weighted by atomic mass is 10.1. The van der Waals surface area contributed by atoms with Gasteiger partial charge in [0, 0.05) is 12.5 Å². The predicted octanol–water partition coefficient (Wildman–Crippen LogP) is 1.05. The van der Waals surface area contributed by atoms with Gasteiger partial charge in [0.25, 0.3) is 0 Å². The monoisotopic (exact) mass is 325 g/mol. The van der Waals surface area contributed by atoms with Gasteiger partial charge in [-0.25, -0.2) is 8.42 Å². The second-order valence-electron chi connectivity index (χ2n) is 6.55. The van der Waals surface area contributed by atoms with Gasteiger partial charge >= 0.3 is 0 Å². The fraction of sp³-hybridized carbons (Fsp3) is 0.786. The fourth-order valence-electron chi connectivity index (χ4n) is 3.40. The van der Waals surface area contributed by atoms with Gasteiger partial charge in [0.15, 0.2) is 15.7 Å². The van der Waals surface area contributed by atoms with Crippen LogP contribution in [0.15, 0.2) is 4.52 Å². The van der Waals surface area contributed by atoms with Gasteiger partial charge in [-0.05, 0) is 32.1 Å². The minimum absolute atomic E-state index is 0.0192. The molecular weight excluding hydrogens is 306 g/mol. The normalized spacial score (nSPS) is 30.8. The maximum atomic E-state index is 12.6. The fourth-order valence-corrected chi connectivity index (χ4v) is 5.13. The Labute approximate surface area is 129 Å². The summed E-state index contributed by atoms with van der Waals surface area (Å²) in [4.78, 5) is 18.9. The first-order valence-electron chi connectivity index (χ1n) is 7.88. The van der Waals surface area contributed by atoms with E-state index in [4.69, 9.17) is 4.52 Å². The van der Waals surface area contributed by atoms with E-state index in [1.54, 1.807) is 4.90 Å². The molecule has 3 heterocycles. The van der Waals surface area contributed by atoms with Crippen molar-refractivity contribution in [2.75, 3.05) is 18.1 Å². The number of hydrogen-bond donors (Lipinski definition) is 0. The molecule has 4 rings (SSSR count). The molecule has 0 N–H and O–H groups in total. The minimum atomic E-state index is -3.05. The maximum Gasteiger partial charge on any atom is 0.229 e. The summed E-state index contributed by atoms with van der Waals surface area (Å²) in [5.74, 6) is 1.28. The molecule has 0 bridgehead atoms. The van der Waals surface area contributed by atoms with Gasteiger partial charge in [0.1, 0.15) is 0 Å². The summed E-state index contributed by atoms with van der Waals surface area (Å²) < 4.78 is 28.5. The number of aromatic nitrogens is 2. The zero-order valence-corrected chi connectivity index (χ0v) is 13.1. The number of carbonyl (C=O) groups excluding carboxylic acids is 1. The van der Waals surface area contributed by atoms with Crippen LogP contribution in [-0.2, 0) is 14.6 Å². The van der Waals surface area contributed by atoms with Crippen molar-refractivity contribution in [2.24, 2.45) is 5.92 Å². The van der Waals surface area contributed by atoms with E-state index in [1.807, 2.05) is 0 Å². The minimum Gasteiger partial charge on any atom is -0.339 e. The molecule has 7 nitrogen and oxygen atoms in total. The first-order chi connectivity index (χ1) is 10.5. The maximum absolute atomic E-state index is 12.6. The average molecular weight is 325 g/mol. The molecule has 0 radical (unpaired) electrons. The molecule has 8 heteroatoms. The summed E-state index contributed by atoms with van der Waals surface area (Å²) >= 11 is 0. The summed E-state index contributed by atoms with van der Waals surface area (Å²) in [5.41, 5.74) is 0.